The maximum atomic E-state index is 4.29. The maximum Gasteiger partial charge on any atom is 0.0943 e. The molecule has 0 spiro atoms. The van der Waals surface area contributed by atoms with Crippen LogP contribution in [0.5, 0.6) is 0 Å². The molecule has 0 bridgehead atoms. The standard InChI is InChI=1S/C15H17N3/c1-12-7-9-14(10-8-12)16-17-15-6-4-5-13(15)11-18(2)3/h4-11H,1-3H3/b13-11+,17-16?. The molecular weight excluding hydrogens is 222 g/mol. The molecule has 0 heterocycles. The molecule has 1 aromatic rings. The van der Waals surface area contributed by atoms with Gasteiger partial charge in [-0.3, -0.25) is 0 Å². The summed E-state index contributed by atoms with van der Waals surface area (Å²) in [6.45, 7) is 2.06. The average Bonchev–Trinajstić information content (AvgIpc) is 2.75. The van der Waals surface area contributed by atoms with Crippen molar-refractivity contribution in [1.82, 2.24) is 4.90 Å². The molecule has 0 atom stereocenters. The molecule has 3 heteroatoms. The predicted octanol–water partition coefficient (Wildman–Crippen LogP) is 3.98. The second-order valence-electron chi connectivity index (χ2n) is 4.49. The lowest BCUT2D eigenvalue weighted by atomic mass is 10.2. The van der Waals surface area contributed by atoms with Crippen LogP contribution in [0.3, 0.4) is 0 Å². The summed E-state index contributed by atoms with van der Waals surface area (Å²) in [5.74, 6) is 0. The maximum absolute atomic E-state index is 4.29. The number of aryl methyl sites for hydroxylation is 1. The Kier molecular flexibility index (Phi) is 3.72. The molecule has 3 nitrogen and oxygen atoms in total. The summed E-state index contributed by atoms with van der Waals surface area (Å²) in [5, 5.41) is 8.53. The third kappa shape index (κ3) is 3.17. The van der Waals surface area contributed by atoms with Gasteiger partial charge < -0.3 is 4.90 Å². The van der Waals surface area contributed by atoms with E-state index >= 15 is 0 Å². The Hall–Kier alpha value is -2.16. The van der Waals surface area contributed by atoms with E-state index in [9.17, 15) is 0 Å². The van der Waals surface area contributed by atoms with Gasteiger partial charge in [-0.1, -0.05) is 29.8 Å². The van der Waals surface area contributed by atoms with Gasteiger partial charge in [0, 0.05) is 25.9 Å². The molecule has 0 aliphatic heterocycles. The summed E-state index contributed by atoms with van der Waals surface area (Å²) in [4.78, 5) is 2.00. The number of nitrogens with zero attached hydrogens (tertiary/aromatic N) is 3. The zero-order valence-corrected chi connectivity index (χ0v) is 11.0. The van der Waals surface area contributed by atoms with Crippen molar-refractivity contribution in [3.8, 4) is 0 Å². The molecule has 2 rings (SSSR count). The average molecular weight is 239 g/mol. The SMILES string of the molecule is Cc1ccc(N=NC2=CC=C/C2=C\N(C)C)cc1. The van der Waals surface area contributed by atoms with Crippen LogP contribution in [0, 0.1) is 6.92 Å². The lowest BCUT2D eigenvalue weighted by molar-refractivity contribution is 0.560. The van der Waals surface area contributed by atoms with Gasteiger partial charge in [0.05, 0.1) is 11.4 Å². The Balaban J connectivity index is 2.12. The van der Waals surface area contributed by atoms with Gasteiger partial charge in [-0.25, -0.2) is 0 Å². The van der Waals surface area contributed by atoms with Crippen molar-refractivity contribution < 1.29 is 0 Å². The number of hydrogen-bond donors (Lipinski definition) is 0. The van der Waals surface area contributed by atoms with Crippen molar-refractivity contribution in [3.63, 3.8) is 0 Å². The number of allylic oxidation sites excluding steroid dienone is 3. The van der Waals surface area contributed by atoms with Crippen molar-refractivity contribution in [2.45, 2.75) is 6.92 Å². The van der Waals surface area contributed by atoms with Crippen LogP contribution in [0.15, 0.2) is 70.2 Å². The Morgan fingerprint density at radius 1 is 1.06 bits per heavy atom. The highest BCUT2D eigenvalue weighted by Gasteiger charge is 2.05. The molecule has 0 amide bonds. The minimum absolute atomic E-state index is 0.873. The lowest BCUT2D eigenvalue weighted by Gasteiger charge is -2.06. The summed E-state index contributed by atoms with van der Waals surface area (Å²) in [7, 11) is 3.99. The summed E-state index contributed by atoms with van der Waals surface area (Å²) in [6, 6.07) is 8.01. The van der Waals surface area contributed by atoms with Crippen LogP contribution < -0.4 is 0 Å². The Labute approximate surface area is 108 Å². The highest BCUT2D eigenvalue weighted by atomic mass is 15.1. The topological polar surface area (TPSA) is 28.0 Å². The summed E-state index contributed by atoms with van der Waals surface area (Å²) >= 11 is 0. The normalized spacial score (nSPS) is 16.6. The zero-order valence-electron chi connectivity index (χ0n) is 11.0. The number of hydrogen-bond acceptors (Lipinski definition) is 3. The van der Waals surface area contributed by atoms with Gasteiger partial charge >= 0.3 is 0 Å². The van der Waals surface area contributed by atoms with E-state index in [1.165, 1.54) is 5.56 Å². The van der Waals surface area contributed by atoms with Crippen molar-refractivity contribution >= 4 is 5.69 Å². The van der Waals surface area contributed by atoms with E-state index in [4.69, 9.17) is 0 Å². The molecule has 18 heavy (non-hydrogen) atoms. The van der Waals surface area contributed by atoms with Crippen molar-refractivity contribution in [3.05, 3.63) is 65.5 Å². The number of rotatable bonds is 3. The highest BCUT2D eigenvalue weighted by Crippen LogP contribution is 2.22. The van der Waals surface area contributed by atoms with Crippen LogP contribution in [0.4, 0.5) is 5.69 Å². The lowest BCUT2D eigenvalue weighted by Crippen LogP contribution is -2.02. The Morgan fingerprint density at radius 2 is 1.78 bits per heavy atom. The van der Waals surface area contributed by atoms with Crippen molar-refractivity contribution in [2.75, 3.05) is 14.1 Å². The minimum atomic E-state index is 0.873. The molecule has 0 unspecified atom stereocenters. The van der Waals surface area contributed by atoms with E-state index in [-0.39, 0.29) is 0 Å². The van der Waals surface area contributed by atoms with Crippen LogP contribution in [0.25, 0.3) is 0 Å². The van der Waals surface area contributed by atoms with Gasteiger partial charge in [0.25, 0.3) is 0 Å². The molecule has 0 saturated heterocycles. The quantitative estimate of drug-likeness (QED) is 0.733. The number of azo groups is 1. The molecule has 0 N–H and O–H groups in total. The molecule has 0 fully saturated rings. The molecule has 0 saturated carbocycles. The van der Waals surface area contributed by atoms with Gasteiger partial charge in [-0.05, 0) is 25.1 Å². The van der Waals surface area contributed by atoms with Crippen LogP contribution in [-0.4, -0.2) is 19.0 Å². The number of benzene rings is 1. The van der Waals surface area contributed by atoms with Gasteiger partial charge in [0.1, 0.15) is 0 Å². The van der Waals surface area contributed by atoms with Gasteiger partial charge in [-0.2, -0.15) is 5.11 Å². The molecule has 1 aromatic carbocycles. The van der Waals surface area contributed by atoms with E-state index in [0.717, 1.165) is 17.0 Å². The summed E-state index contributed by atoms with van der Waals surface area (Å²) in [6.07, 6.45) is 8.01. The Bertz CT molecular complexity index is 531. The molecule has 1 aliphatic rings. The third-order valence-corrected chi connectivity index (χ3v) is 2.53. The largest absolute Gasteiger partial charge is 0.383 e. The minimum Gasteiger partial charge on any atom is -0.383 e. The van der Waals surface area contributed by atoms with Crippen LogP contribution in [0.2, 0.25) is 0 Å². The van der Waals surface area contributed by atoms with E-state index in [1.54, 1.807) is 0 Å². The second kappa shape index (κ2) is 5.45. The first-order valence-electron chi connectivity index (χ1n) is 5.90. The first kappa shape index (κ1) is 12.3. The predicted molar refractivity (Wildman–Crippen MR) is 74.7 cm³/mol. The molecule has 0 radical (unpaired) electrons. The first-order valence-corrected chi connectivity index (χ1v) is 5.90. The molecular formula is C15H17N3. The van der Waals surface area contributed by atoms with Crippen LogP contribution in [-0.2, 0) is 0 Å². The first-order chi connectivity index (χ1) is 8.65. The smallest absolute Gasteiger partial charge is 0.0943 e. The van der Waals surface area contributed by atoms with Crippen molar-refractivity contribution in [1.29, 1.82) is 0 Å². The summed E-state index contributed by atoms with van der Waals surface area (Å²) in [5.41, 5.74) is 4.07. The third-order valence-electron chi connectivity index (χ3n) is 2.53. The van der Waals surface area contributed by atoms with E-state index in [0.29, 0.717) is 0 Å². The van der Waals surface area contributed by atoms with E-state index in [1.807, 2.05) is 67.7 Å². The monoisotopic (exact) mass is 239 g/mol. The van der Waals surface area contributed by atoms with Gasteiger partial charge in [0.15, 0.2) is 0 Å². The Morgan fingerprint density at radius 3 is 2.44 bits per heavy atom. The van der Waals surface area contributed by atoms with Crippen LogP contribution in [0.1, 0.15) is 5.56 Å². The van der Waals surface area contributed by atoms with E-state index in [2.05, 4.69) is 17.2 Å². The molecule has 1 aliphatic carbocycles. The van der Waals surface area contributed by atoms with Gasteiger partial charge in [0.2, 0.25) is 0 Å². The zero-order chi connectivity index (χ0) is 13.0. The van der Waals surface area contributed by atoms with Gasteiger partial charge in [-0.15, -0.1) is 5.11 Å². The van der Waals surface area contributed by atoms with Crippen molar-refractivity contribution in [2.24, 2.45) is 10.2 Å². The molecule has 92 valence electrons. The fourth-order valence-electron chi connectivity index (χ4n) is 1.63. The highest BCUT2D eigenvalue weighted by molar-refractivity contribution is 5.47. The van der Waals surface area contributed by atoms with Crippen LogP contribution >= 0.6 is 0 Å². The fraction of sp³-hybridized carbons (Fsp3) is 0.200. The fourth-order valence-corrected chi connectivity index (χ4v) is 1.63. The summed E-state index contributed by atoms with van der Waals surface area (Å²) < 4.78 is 0. The second-order valence-corrected chi connectivity index (χ2v) is 4.49. The molecule has 0 aromatic heterocycles. The van der Waals surface area contributed by atoms with E-state index < -0.39 is 0 Å².